The summed E-state index contributed by atoms with van der Waals surface area (Å²) in [7, 11) is 0. The number of aromatic amines is 1. The lowest BCUT2D eigenvalue weighted by Gasteiger charge is -2.35. The van der Waals surface area contributed by atoms with Crippen molar-refractivity contribution in [1.29, 1.82) is 0 Å². The van der Waals surface area contributed by atoms with E-state index in [1.807, 2.05) is 54.6 Å². The molecular weight excluding hydrogens is 446 g/mol. The molecule has 186 valence electrons. The van der Waals surface area contributed by atoms with Gasteiger partial charge in [-0.25, -0.2) is 4.79 Å². The van der Waals surface area contributed by atoms with E-state index >= 15 is 0 Å². The normalized spacial score (nSPS) is 15.8. The number of H-pyrrole nitrogens is 1. The van der Waals surface area contributed by atoms with Crippen LogP contribution in [0.2, 0.25) is 0 Å². The van der Waals surface area contributed by atoms with Gasteiger partial charge in [0.25, 0.3) is 0 Å². The van der Waals surface area contributed by atoms with E-state index in [0.717, 1.165) is 16.6 Å². The van der Waals surface area contributed by atoms with Crippen LogP contribution in [0, 0.1) is 0 Å². The molecule has 35 heavy (non-hydrogen) atoms. The standard InChI is InChI=1S/C26H33N5O4/c1-26(2,27)24(33)28-21(17-35-16-18-8-4-3-5-9-18)23(32)30-14-12-19(13-15-30)31-22-11-7-6-10-20(22)29-25(31)34/h3-11,19,21H,12-17,27H2,1-2H3,(H,28,33)(H,29,34). The molecule has 4 rings (SSSR count). The molecule has 0 spiro atoms. The maximum absolute atomic E-state index is 13.4. The number of benzene rings is 2. The molecule has 2 aromatic carbocycles. The van der Waals surface area contributed by atoms with Gasteiger partial charge in [0, 0.05) is 19.1 Å². The van der Waals surface area contributed by atoms with Crippen molar-refractivity contribution in [3.63, 3.8) is 0 Å². The number of piperidine rings is 1. The fourth-order valence-electron chi connectivity index (χ4n) is 4.39. The number of nitrogens with one attached hydrogen (secondary N) is 2. The summed E-state index contributed by atoms with van der Waals surface area (Å²) >= 11 is 0. The zero-order valence-corrected chi connectivity index (χ0v) is 20.2. The Morgan fingerprint density at radius 2 is 1.77 bits per heavy atom. The molecule has 1 aliphatic heterocycles. The second kappa shape index (κ2) is 10.5. The zero-order valence-electron chi connectivity index (χ0n) is 20.2. The quantitative estimate of drug-likeness (QED) is 0.456. The van der Waals surface area contributed by atoms with Gasteiger partial charge in [-0.15, -0.1) is 0 Å². The van der Waals surface area contributed by atoms with Gasteiger partial charge in [-0.3, -0.25) is 14.2 Å². The molecule has 9 nitrogen and oxygen atoms in total. The highest BCUT2D eigenvalue weighted by Gasteiger charge is 2.33. The van der Waals surface area contributed by atoms with E-state index in [4.69, 9.17) is 10.5 Å². The third kappa shape index (κ3) is 5.80. The number of aromatic nitrogens is 2. The van der Waals surface area contributed by atoms with Gasteiger partial charge in [-0.1, -0.05) is 42.5 Å². The number of rotatable bonds is 8. The van der Waals surface area contributed by atoms with Crippen LogP contribution in [0.4, 0.5) is 0 Å². The summed E-state index contributed by atoms with van der Waals surface area (Å²) in [6, 6.07) is 16.4. The number of carbonyl (C=O) groups is 2. The molecule has 0 bridgehead atoms. The Bertz CT molecular complexity index is 1220. The first kappa shape index (κ1) is 24.7. The third-order valence-electron chi connectivity index (χ3n) is 6.35. The Labute approximate surface area is 204 Å². The van der Waals surface area contributed by atoms with Crippen LogP contribution in [-0.2, 0) is 20.9 Å². The average Bonchev–Trinajstić information content (AvgIpc) is 3.18. The average molecular weight is 480 g/mol. The van der Waals surface area contributed by atoms with Gasteiger partial charge in [0.15, 0.2) is 0 Å². The van der Waals surface area contributed by atoms with Gasteiger partial charge < -0.3 is 25.7 Å². The van der Waals surface area contributed by atoms with Crippen molar-refractivity contribution in [2.75, 3.05) is 19.7 Å². The van der Waals surface area contributed by atoms with Crippen molar-refractivity contribution in [2.45, 2.75) is 50.9 Å². The van der Waals surface area contributed by atoms with E-state index in [1.165, 1.54) is 0 Å². The van der Waals surface area contributed by atoms with Crippen LogP contribution in [0.25, 0.3) is 11.0 Å². The number of para-hydroxylation sites is 2. The highest BCUT2D eigenvalue weighted by molar-refractivity contribution is 5.91. The first-order chi connectivity index (χ1) is 16.7. The Balaban J connectivity index is 1.42. The summed E-state index contributed by atoms with van der Waals surface area (Å²) in [6.07, 6.45) is 1.28. The van der Waals surface area contributed by atoms with E-state index in [9.17, 15) is 14.4 Å². The Kier molecular flexibility index (Phi) is 7.37. The van der Waals surface area contributed by atoms with Crippen LogP contribution >= 0.6 is 0 Å². The fourth-order valence-corrected chi connectivity index (χ4v) is 4.39. The summed E-state index contributed by atoms with van der Waals surface area (Å²) < 4.78 is 7.59. The van der Waals surface area contributed by atoms with Gasteiger partial charge in [0.1, 0.15) is 6.04 Å². The van der Waals surface area contributed by atoms with Crippen LogP contribution in [0.15, 0.2) is 59.4 Å². The minimum absolute atomic E-state index is 0.00644. The lowest BCUT2D eigenvalue weighted by atomic mass is 10.0. The van der Waals surface area contributed by atoms with Crippen molar-refractivity contribution < 1.29 is 14.3 Å². The first-order valence-electron chi connectivity index (χ1n) is 11.9. The highest BCUT2D eigenvalue weighted by Crippen LogP contribution is 2.25. The number of fused-ring (bicyclic) bond motifs is 1. The lowest BCUT2D eigenvalue weighted by Crippen LogP contribution is -2.58. The topological polar surface area (TPSA) is 122 Å². The van der Waals surface area contributed by atoms with Crippen molar-refractivity contribution in [3.05, 3.63) is 70.6 Å². The number of imidazole rings is 1. The summed E-state index contributed by atoms with van der Waals surface area (Å²) in [5.74, 6) is -0.625. The lowest BCUT2D eigenvalue weighted by molar-refractivity contribution is -0.140. The molecule has 1 aliphatic rings. The van der Waals surface area contributed by atoms with E-state index in [-0.39, 0.29) is 24.2 Å². The first-order valence-corrected chi connectivity index (χ1v) is 11.9. The van der Waals surface area contributed by atoms with Crippen LogP contribution < -0.4 is 16.7 Å². The maximum Gasteiger partial charge on any atom is 0.326 e. The number of amides is 2. The molecule has 2 amide bonds. The fraction of sp³-hybridized carbons (Fsp3) is 0.423. The number of carbonyl (C=O) groups excluding carboxylic acids is 2. The summed E-state index contributed by atoms with van der Waals surface area (Å²) in [5, 5.41) is 2.77. The molecule has 2 heterocycles. The number of nitrogens with zero attached hydrogens (tertiary/aromatic N) is 2. The van der Waals surface area contributed by atoms with Gasteiger partial charge in [-0.2, -0.15) is 0 Å². The predicted molar refractivity (Wildman–Crippen MR) is 134 cm³/mol. The minimum atomic E-state index is -1.12. The number of hydrogen-bond donors (Lipinski definition) is 3. The molecule has 0 radical (unpaired) electrons. The van der Waals surface area contributed by atoms with E-state index in [2.05, 4.69) is 10.3 Å². The van der Waals surface area contributed by atoms with Crippen molar-refractivity contribution in [1.82, 2.24) is 19.8 Å². The maximum atomic E-state index is 13.4. The third-order valence-corrected chi connectivity index (χ3v) is 6.35. The highest BCUT2D eigenvalue weighted by atomic mass is 16.5. The molecule has 4 N–H and O–H groups in total. The van der Waals surface area contributed by atoms with Crippen LogP contribution in [-0.4, -0.2) is 57.5 Å². The predicted octanol–water partition coefficient (Wildman–Crippen LogP) is 1.93. The second-order valence-corrected chi connectivity index (χ2v) is 9.62. The largest absolute Gasteiger partial charge is 0.374 e. The van der Waals surface area contributed by atoms with E-state index < -0.39 is 17.5 Å². The van der Waals surface area contributed by atoms with Gasteiger partial charge in [-0.05, 0) is 44.4 Å². The molecule has 1 aromatic heterocycles. The molecule has 9 heteroatoms. The van der Waals surface area contributed by atoms with Crippen molar-refractivity contribution in [2.24, 2.45) is 5.73 Å². The Morgan fingerprint density at radius 1 is 1.11 bits per heavy atom. The van der Waals surface area contributed by atoms with Crippen molar-refractivity contribution in [3.8, 4) is 0 Å². The van der Waals surface area contributed by atoms with E-state index in [0.29, 0.717) is 32.5 Å². The number of ether oxygens (including phenoxy) is 1. The van der Waals surface area contributed by atoms with Gasteiger partial charge in [0.05, 0.1) is 29.8 Å². The molecule has 0 aliphatic carbocycles. The molecule has 1 unspecified atom stereocenters. The Hall–Kier alpha value is -3.43. The summed E-state index contributed by atoms with van der Waals surface area (Å²) in [6.45, 7) is 4.52. The SMILES string of the molecule is CC(C)(N)C(=O)NC(COCc1ccccc1)C(=O)N1CCC(n2c(=O)[nH]c3ccccc32)CC1. The number of nitrogens with two attached hydrogens (primary N) is 1. The van der Waals surface area contributed by atoms with Gasteiger partial charge in [0.2, 0.25) is 11.8 Å². The molecule has 1 fully saturated rings. The minimum Gasteiger partial charge on any atom is -0.374 e. The van der Waals surface area contributed by atoms with Crippen LogP contribution in [0.3, 0.4) is 0 Å². The number of hydrogen-bond acceptors (Lipinski definition) is 5. The zero-order chi connectivity index (χ0) is 25.0. The molecule has 0 saturated carbocycles. The van der Waals surface area contributed by atoms with Gasteiger partial charge >= 0.3 is 5.69 Å². The molecular formula is C26H33N5O4. The number of likely N-dealkylation sites (tertiary alicyclic amines) is 1. The molecule has 3 aromatic rings. The molecule has 1 atom stereocenters. The van der Waals surface area contributed by atoms with Crippen LogP contribution in [0.1, 0.15) is 38.3 Å². The van der Waals surface area contributed by atoms with Crippen LogP contribution in [0.5, 0.6) is 0 Å². The molecule has 1 saturated heterocycles. The Morgan fingerprint density at radius 3 is 2.46 bits per heavy atom. The van der Waals surface area contributed by atoms with E-state index in [1.54, 1.807) is 23.3 Å². The van der Waals surface area contributed by atoms with Crippen molar-refractivity contribution >= 4 is 22.8 Å². The summed E-state index contributed by atoms with van der Waals surface area (Å²) in [4.78, 5) is 43.1. The second-order valence-electron chi connectivity index (χ2n) is 9.62. The monoisotopic (exact) mass is 479 g/mol. The smallest absolute Gasteiger partial charge is 0.326 e. The summed E-state index contributed by atoms with van der Waals surface area (Å²) in [5.41, 5.74) is 7.34.